The van der Waals surface area contributed by atoms with Crippen LogP contribution in [0, 0.1) is 0 Å². The minimum Gasteiger partial charge on any atom is -0.301 e. The van der Waals surface area contributed by atoms with Gasteiger partial charge in [-0.2, -0.15) is 15.0 Å². The van der Waals surface area contributed by atoms with Crippen molar-refractivity contribution >= 4 is 35.0 Å². The monoisotopic (exact) mass is 317 g/mol. The van der Waals surface area contributed by atoms with Crippen LogP contribution in [0.15, 0.2) is 21.2 Å². The van der Waals surface area contributed by atoms with Crippen LogP contribution < -0.4 is 5.56 Å². The number of aromatic nitrogens is 5. The van der Waals surface area contributed by atoms with Crippen molar-refractivity contribution in [2.24, 2.45) is 0 Å². The second-order valence-corrected chi connectivity index (χ2v) is 5.18. The van der Waals surface area contributed by atoms with Crippen molar-refractivity contribution in [1.82, 2.24) is 24.9 Å². The van der Waals surface area contributed by atoms with Gasteiger partial charge in [0.2, 0.25) is 15.7 Å². The van der Waals surface area contributed by atoms with Gasteiger partial charge in [0.25, 0.3) is 5.56 Å². The van der Waals surface area contributed by atoms with Crippen LogP contribution in [0.1, 0.15) is 19.0 Å². The number of aryl methyl sites for hydroxylation is 1. The Hall–Kier alpha value is -1.18. The molecule has 100 valence electrons. The number of H-pyrrole nitrogens is 1. The summed E-state index contributed by atoms with van der Waals surface area (Å²) in [6.07, 6.45) is 1.64. The quantitative estimate of drug-likeness (QED) is 0.871. The minimum absolute atomic E-state index is 0.00504. The predicted octanol–water partition coefficient (Wildman–Crippen LogP) is 2.37. The van der Waals surface area contributed by atoms with E-state index in [1.807, 2.05) is 6.92 Å². The molecule has 0 aliphatic carbocycles. The Balaban J connectivity index is 2.29. The largest absolute Gasteiger partial charge is 0.301 e. The maximum atomic E-state index is 11.5. The van der Waals surface area contributed by atoms with Crippen molar-refractivity contribution < 1.29 is 0 Å². The predicted molar refractivity (Wildman–Crippen MR) is 72.8 cm³/mol. The zero-order valence-corrected chi connectivity index (χ0v) is 12.2. The second kappa shape index (κ2) is 6.31. The maximum Gasteiger partial charge on any atom is 0.251 e. The lowest BCUT2D eigenvalue weighted by Crippen LogP contribution is -2.10. The van der Waals surface area contributed by atoms with Crippen molar-refractivity contribution in [1.29, 1.82) is 0 Å². The third-order valence-electron chi connectivity index (χ3n) is 2.03. The molecule has 2 aromatic rings. The summed E-state index contributed by atoms with van der Waals surface area (Å²) in [5.74, 6) is 0. The summed E-state index contributed by atoms with van der Waals surface area (Å²) in [5, 5.41) is 0.667. The van der Waals surface area contributed by atoms with Crippen LogP contribution in [0.25, 0.3) is 0 Å². The molecule has 0 saturated heterocycles. The fourth-order valence-electron chi connectivity index (χ4n) is 1.36. The highest BCUT2D eigenvalue weighted by Gasteiger charge is 2.08. The van der Waals surface area contributed by atoms with Crippen LogP contribution in [0.3, 0.4) is 0 Å². The molecule has 2 heterocycles. The average Bonchev–Trinajstić information content (AvgIpc) is 2.26. The first kappa shape index (κ1) is 14.2. The van der Waals surface area contributed by atoms with E-state index < -0.39 is 0 Å². The van der Waals surface area contributed by atoms with E-state index in [4.69, 9.17) is 23.2 Å². The van der Waals surface area contributed by atoms with Crippen LogP contribution in [0.4, 0.5) is 0 Å². The van der Waals surface area contributed by atoms with E-state index in [-0.39, 0.29) is 21.3 Å². The standard InChI is InChI=1S/C10H9Cl2N5OS/c1-2-3-5-4-6(18)14-9(13-5)19-10-16-7(11)15-8(12)17-10/h4H,2-3H2,1H3,(H,13,14,18). The molecule has 0 aromatic carbocycles. The molecule has 19 heavy (non-hydrogen) atoms. The maximum absolute atomic E-state index is 11.5. The molecule has 0 fully saturated rings. The molecule has 0 amide bonds. The van der Waals surface area contributed by atoms with Crippen LogP contribution in [-0.2, 0) is 6.42 Å². The molecule has 0 aliphatic heterocycles. The SMILES string of the molecule is CCCc1cc(=O)[nH]c(Sc2nc(Cl)nc(Cl)n2)n1. The third kappa shape index (κ3) is 4.15. The zero-order valence-electron chi connectivity index (χ0n) is 9.85. The number of rotatable bonds is 4. The topological polar surface area (TPSA) is 84.4 Å². The summed E-state index contributed by atoms with van der Waals surface area (Å²) in [5.41, 5.74) is 0.507. The van der Waals surface area contributed by atoms with Gasteiger partial charge in [-0.15, -0.1) is 0 Å². The van der Waals surface area contributed by atoms with Crippen molar-refractivity contribution in [3.63, 3.8) is 0 Å². The summed E-state index contributed by atoms with van der Waals surface area (Å²) in [6.45, 7) is 2.02. The van der Waals surface area contributed by atoms with Gasteiger partial charge < -0.3 is 4.98 Å². The fraction of sp³-hybridized carbons (Fsp3) is 0.300. The summed E-state index contributed by atoms with van der Waals surface area (Å²) in [4.78, 5) is 29.8. The molecule has 0 saturated carbocycles. The van der Waals surface area contributed by atoms with E-state index in [9.17, 15) is 4.79 Å². The van der Waals surface area contributed by atoms with E-state index >= 15 is 0 Å². The smallest absolute Gasteiger partial charge is 0.251 e. The lowest BCUT2D eigenvalue weighted by molar-refractivity contribution is 0.810. The summed E-state index contributed by atoms with van der Waals surface area (Å²) in [7, 11) is 0. The lowest BCUT2D eigenvalue weighted by Gasteiger charge is -2.02. The van der Waals surface area contributed by atoms with Crippen LogP contribution in [0.5, 0.6) is 0 Å². The molecule has 0 spiro atoms. The van der Waals surface area contributed by atoms with Gasteiger partial charge in [0.05, 0.1) is 0 Å². The zero-order chi connectivity index (χ0) is 13.8. The molecule has 2 rings (SSSR count). The van der Waals surface area contributed by atoms with Gasteiger partial charge in [0, 0.05) is 11.8 Å². The van der Waals surface area contributed by atoms with E-state index in [0.29, 0.717) is 5.16 Å². The van der Waals surface area contributed by atoms with Crippen molar-refractivity contribution in [3.05, 3.63) is 32.7 Å². The van der Waals surface area contributed by atoms with Crippen molar-refractivity contribution in [3.8, 4) is 0 Å². The van der Waals surface area contributed by atoms with Gasteiger partial charge in [-0.3, -0.25) is 4.79 Å². The van der Waals surface area contributed by atoms with Gasteiger partial charge in [-0.25, -0.2) is 4.98 Å². The average molecular weight is 318 g/mol. The Morgan fingerprint density at radius 1 is 1.21 bits per heavy atom. The number of nitrogens with one attached hydrogen (secondary N) is 1. The Morgan fingerprint density at radius 3 is 2.53 bits per heavy atom. The second-order valence-electron chi connectivity index (χ2n) is 3.55. The molecular weight excluding hydrogens is 309 g/mol. The van der Waals surface area contributed by atoms with Crippen LogP contribution >= 0.6 is 35.0 Å². The Kier molecular flexibility index (Phi) is 4.73. The van der Waals surface area contributed by atoms with Gasteiger partial charge in [-0.05, 0) is 41.4 Å². The molecule has 2 aromatic heterocycles. The Labute approximate surface area is 123 Å². The highest BCUT2D eigenvalue weighted by atomic mass is 35.5. The normalized spacial score (nSPS) is 10.7. The number of nitrogens with zero attached hydrogens (tertiary/aromatic N) is 4. The summed E-state index contributed by atoms with van der Waals surface area (Å²) in [6, 6.07) is 1.47. The number of aromatic amines is 1. The number of hydrogen-bond donors (Lipinski definition) is 1. The first-order valence-electron chi connectivity index (χ1n) is 5.42. The fourth-order valence-corrected chi connectivity index (χ4v) is 2.57. The number of hydrogen-bond acceptors (Lipinski definition) is 6. The van der Waals surface area contributed by atoms with Gasteiger partial charge in [0.15, 0.2) is 5.16 Å². The van der Waals surface area contributed by atoms with Gasteiger partial charge >= 0.3 is 0 Å². The third-order valence-corrected chi connectivity index (χ3v) is 3.12. The summed E-state index contributed by atoms with van der Waals surface area (Å²) < 4.78 is 0. The molecule has 6 nitrogen and oxygen atoms in total. The van der Waals surface area contributed by atoms with Crippen LogP contribution in [0.2, 0.25) is 10.6 Å². The van der Waals surface area contributed by atoms with Crippen LogP contribution in [-0.4, -0.2) is 24.9 Å². The Morgan fingerprint density at radius 2 is 1.89 bits per heavy atom. The van der Waals surface area contributed by atoms with E-state index in [0.717, 1.165) is 30.3 Å². The first-order chi connectivity index (χ1) is 9.06. The van der Waals surface area contributed by atoms with Crippen molar-refractivity contribution in [2.75, 3.05) is 0 Å². The molecule has 1 N–H and O–H groups in total. The van der Waals surface area contributed by atoms with Gasteiger partial charge in [-0.1, -0.05) is 13.3 Å². The van der Waals surface area contributed by atoms with Gasteiger partial charge in [0.1, 0.15) is 0 Å². The molecule has 0 unspecified atom stereocenters. The van der Waals surface area contributed by atoms with E-state index in [2.05, 4.69) is 24.9 Å². The highest BCUT2D eigenvalue weighted by molar-refractivity contribution is 7.99. The highest BCUT2D eigenvalue weighted by Crippen LogP contribution is 2.22. The molecular formula is C10H9Cl2N5OS. The van der Waals surface area contributed by atoms with E-state index in [1.165, 1.54) is 6.07 Å². The molecule has 0 atom stereocenters. The van der Waals surface area contributed by atoms with E-state index in [1.54, 1.807) is 0 Å². The van der Waals surface area contributed by atoms with Crippen molar-refractivity contribution in [2.45, 2.75) is 30.1 Å². The lowest BCUT2D eigenvalue weighted by atomic mass is 10.2. The minimum atomic E-state index is -0.216. The molecule has 0 aliphatic rings. The molecule has 0 radical (unpaired) electrons. The Bertz CT molecular complexity index is 628. The first-order valence-corrected chi connectivity index (χ1v) is 6.99. The molecule has 0 bridgehead atoms. The number of halogens is 2. The summed E-state index contributed by atoms with van der Waals surface area (Å²) >= 11 is 12.4. The molecule has 9 heteroatoms.